The largest absolute Gasteiger partial charge is 0.504 e. The first-order valence-electron chi connectivity index (χ1n) is 5.26. The number of anilines is 1. The van der Waals surface area contributed by atoms with Crippen LogP contribution in [-0.4, -0.2) is 10.2 Å². The van der Waals surface area contributed by atoms with E-state index in [9.17, 15) is 10.2 Å². The van der Waals surface area contributed by atoms with Gasteiger partial charge in [0.2, 0.25) is 0 Å². The Hall–Kier alpha value is -1.58. The molecule has 18 heavy (non-hydrogen) atoms. The van der Waals surface area contributed by atoms with Gasteiger partial charge in [-0.25, -0.2) is 0 Å². The quantitative estimate of drug-likeness (QED) is 0.746. The molecule has 0 saturated heterocycles. The summed E-state index contributed by atoms with van der Waals surface area (Å²) in [5.74, 6) is -0.286. The van der Waals surface area contributed by atoms with Gasteiger partial charge in [-0.05, 0) is 29.8 Å². The summed E-state index contributed by atoms with van der Waals surface area (Å²) >= 11 is 11.9. The van der Waals surface area contributed by atoms with Crippen molar-refractivity contribution in [2.24, 2.45) is 0 Å². The number of aromatic hydroxyl groups is 2. The van der Waals surface area contributed by atoms with Gasteiger partial charge in [0.25, 0.3) is 0 Å². The van der Waals surface area contributed by atoms with Crippen molar-refractivity contribution < 1.29 is 10.2 Å². The van der Waals surface area contributed by atoms with Crippen molar-refractivity contribution in [1.29, 1.82) is 0 Å². The van der Waals surface area contributed by atoms with Crippen LogP contribution in [0.5, 0.6) is 11.5 Å². The molecule has 0 aliphatic rings. The maximum atomic E-state index is 9.37. The average Bonchev–Trinajstić information content (AvgIpc) is 2.35. The number of hydrogen-bond acceptors (Lipinski definition) is 3. The lowest BCUT2D eigenvalue weighted by atomic mass is 10.2. The van der Waals surface area contributed by atoms with Crippen LogP contribution in [-0.2, 0) is 6.54 Å². The molecule has 0 radical (unpaired) electrons. The molecule has 0 aliphatic carbocycles. The first kappa shape index (κ1) is 12.9. The third kappa shape index (κ3) is 2.81. The summed E-state index contributed by atoms with van der Waals surface area (Å²) < 4.78 is 0. The van der Waals surface area contributed by atoms with E-state index in [1.54, 1.807) is 18.2 Å². The molecule has 2 rings (SSSR count). The van der Waals surface area contributed by atoms with Gasteiger partial charge in [-0.3, -0.25) is 0 Å². The monoisotopic (exact) mass is 283 g/mol. The minimum atomic E-state index is -0.147. The predicted molar refractivity (Wildman–Crippen MR) is 73.6 cm³/mol. The van der Waals surface area contributed by atoms with Crippen LogP contribution in [0.25, 0.3) is 0 Å². The summed E-state index contributed by atoms with van der Waals surface area (Å²) in [6.07, 6.45) is 0. The Balaban J connectivity index is 2.11. The van der Waals surface area contributed by atoms with E-state index in [1.807, 2.05) is 6.07 Å². The molecule has 0 spiro atoms. The second kappa shape index (κ2) is 5.38. The van der Waals surface area contributed by atoms with Gasteiger partial charge in [0, 0.05) is 6.54 Å². The van der Waals surface area contributed by atoms with Gasteiger partial charge in [-0.1, -0.05) is 35.3 Å². The van der Waals surface area contributed by atoms with Crippen molar-refractivity contribution in [2.75, 3.05) is 5.32 Å². The minimum Gasteiger partial charge on any atom is -0.504 e. The summed E-state index contributed by atoms with van der Waals surface area (Å²) in [6.45, 7) is 0.466. The zero-order chi connectivity index (χ0) is 13.1. The molecule has 5 heteroatoms. The van der Waals surface area contributed by atoms with Gasteiger partial charge in [0.05, 0.1) is 15.7 Å². The highest BCUT2D eigenvalue weighted by Gasteiger charge is 2.05. The minimum absolute atomic E-state index is 0.139. The Morgan fingerprint density at radius 3 is 2.50 bits per heavy atom. The van der Waals surface area contributed by atoms with Crippen molar-refractivity contribution >= 4 is 28.9 Å². The van der Waals surface area contributed by atoms with E-state index in [0.717, 1.165) is 11.3 Å². The van der Waals surface area contributed by atoms with E-state index in [0.29, 0.717) is 16.6 Å². The van der Waals surface area contributed by atoms with Gasteiger partial charge < -0.3 is 15.5 Å². The van der Waals surface area contributed by atoms with Crippen molar-refractivity contribution in [3.63, 3.8) is 0 Å². The lowest BCUT2D eigenvalue weighted by molar-refractivity contribution is 0.403. The Morgan fingerprint density at radius 2 is 1.78 bits per heavy atom. The Kier molecular flexibility index (Phi) is 3.84. The SMILES string of the molecule is Oc1ccc(CNc2cccc(Cl)c2Cl)cc1O. The van der Waals surface area contributed by atoms with Gasteiger partial charge in [0.15, 0.2) is 11.5 Å². The molecule has 0 aromatic heterocycles. The topological polar surface area (TPSA) is 52.5 Å². The molecular weight excluding hydrogens is 273 g/mol. The fraction of sp³-hybridized carbons (Fsp3) is 0.0769. The molecule has 0 amide bonds. The van der Waals surface area contributed by atoms with Gasteiger partial charge in [-0.15, -0.1) is 0 Å². The number of hydrogen-bond donors (Lipinski definition) is 3. The highest BCUT2D eigenvalue weighted by atomic mass is 35.5. The number of nitrogens with one attached hydrogen (secondary N) is 1. The second-order valence-electron chi connectivity index (χ2n) is 3.78. The number of halogens is 2. The third-order valence-electron chi connectivity index (χ3n) is 2.47. The van der Waals surface area contributed by atoms with Crippen LogP contribution in [0.1, 0.15) is 5.56 Å². The van der Waals surface area contributed by atoms with E-state index in [2.05, 4.69) is 5.32 Å². The van der Waals surface area contributed by atoms with E-state index in [1.165, 1.54) is 12.1 Å². The van der Waals surface area contributed by atoms with Gasteiger partial charge in [-0.2, -0.15) is 0 Å². The Labute approximate surface area is 115 Å². The van der Waals surface area contributed by atoms with E-state index >= 15 is 0 Å². The first-order valence-corrected chi connectivity index (χ1v) is 6.02. The fourth-order valence-electron chi connectivity index (χ4n) is 1.52. The average molecular weight is 284 g/mol. The molecule has 0 atom stereocenters. The van der Waals surface area contributed by atoms with Gasteiger partial charge in [0.1, 0.15) is 0 Å². The van der Waals surface area contributed by atoms with Crippen molar-refractivity contribution in [3.8, 4) is 11.5 Å². The van der Waals surface area contributed by atoms with Crippen LogP contribution in [0.4, 0.5) is 5.69 Å². The summed E-state index contributed by atoms with van der Waals surface area (Å²) in [7, 11) is 0. The van der Waals surface area contributed by atoms with Crippen LogP contribution < -0.4 is 5.32 Å². The molecule has 2 aromatic carbocycles. The highest BCUT2D eigenvalue weighted by molar-refractivity contribution is 6.43. The molecule has 2 aromatic rings. The normalized spacial score (nSPS) is 10.3. The lowest BCUT2D eigenvalue weighted by Crippen LogP contribution is -1.99. The van der Waals surface area contributed by atoms with Crippen molar-refractivity contribution in [1.82, 2.24) is 0 Å². The molecule has 3 nitrogen and oxygen atoms in total. The molecule has 0 unspecified atom stereocenters. The zero-order valence-electron chi connectivity index (χ0n) is 9.32. The van der Waals surface area contributed by atoms with Crippen LogP contribution >= 0.6 is 23.2 Å². The van der Waals surface area contributed by atoms with Crippen LogP contribution in [0.3, 0.4) is 0 Å². The number of phenols is 2. The lowest BCUT2D eigenvalue weighted by Gasteiger charge is -2.09. The third-order valence-corrected chi connectivity index (χ3v) is 3.29. The number of rotatable bonds is 3. The number of benzene rings is 2. The summed E-state index contributed by atoms with van der Waals surface area (Å²) in [5.41, 5.74) is 1.54. The molecule has 0 fully saturated rings. The van der Waals surface area contributed by atoms with Gasteiger partial charge >= 0.3 is 0 Å². The maximum absolute atomic E-state index is 9.37. The maximum Gasteiger partial charge on any atom is 0.157 e. The van der Waals surface area contributed by atoms with E-state index in [4.69, 9.17) is 23.2 Å². The van der Waals surface area contributed by atoms with Crippen LogP contribution in [0.15, 0.2) is 36.4 Å². The zero-order valence-corrected chi connectivity index (χ0v) is 10.8. The fourth-order valence-corrected chi connectivity index (χ4v) is 1.88. The van der Waals surface area contributed by atoms with E-state index < -0.39 is 0 Å². The van der Waals surface area contributed by atoms with Crippen molar-refractivity contribution in [3.05, 3.63) is 52.0 Å². The first-order chi connectivity index (χ1) is 8.58. The van der Waals surface area contributed by atoms with E-state index in [-0.39, 0.29) is 11.5 Å². The van der Waals surface area contributed by atoms with Crippen molar-refractivity contribution in [2.45, 2.75) is 6.54 Å². The molecule has 0 bridgehead atoms. The molecule has 94 valence electrons. The number of phenolic OH excluding ortho intramolecular Hbond substituents is 2. The highest BCUT2D eigenvalue weighted by Crippen LogP contribution is 2.30. The molecule has 3 N–H and O–H groups in total. The molecule has 0 aliphatic heterocycles. The predicted octanol–water partition coefficient (Wildman–Crippen LogP) is 4.02. The Bertz CT molecular complexity index is 573. The smallest absolute Gasteiger partial charge is 0.157 e. The molecule has 0 saturated carbocycles. The second-order valence-corrected chi connectivity index (χ2v) is 4.56. The summed E-state index contributed by atoms with van der Waals surface area (Å²) in [4.78, 5) is 0. The molecule has 0 heterocycles. The summed E-state index contributed by atoms with van der Waals surface area (Å²) in [6, 6.07) is 9.95. The van der Waals surface area contributed by atoms with Crippen LogP contribution in [0.2, 0.25) is 10.0 Å². The molecular formula is C13H11Cl2NO2. The Morgan fingerprint density at radius 1 is 1.00 bits per heavy atom. The summed E-state index contributed by atoms with van der Waals surface area (Å²) in [5, 5.41) is 22.6. The van der Waals surface area contributed by atoms with Crippen LogP contribution in [0, 0.1) is 0 Å². The standard InChI is InChI=1S/C13H11Cl2NO2/c14-9-2-1-3-10(13(9)15)16-7-8-4-5-11(17)12(18)6-8/h1-6,16-18H,7H2.